The van der Waals surface area contributed by atoms with Gasteiger partial charge in [0.2, 0.25) is 10.0 Å². The molecule has 1 saturated heterocycles. The molecule has 0 amide bonds. The third-order valence-electron chi connectivity index (χ3n) is 7.87. The Balaban J connectivity index is 1.83. The van der Waals surface area contributed by atoms with Crippen molar-refractivity contribution in [1.82, 2.24) is 23.7 Å². The minimum atomic E-state index is -3.96. The summed E-state index contributed by atoms with van der Waals surface area (Å²) in [5.74, 6) is 0.696. The molecule has 0 spiro atoms. The van der Waals surface area contributed by atoms with Gasteiger partial charge in [0, 0.05) is 51.1 Å². The van der Waals surface area contributed by atoms with Crippen LogP contribution >= 0.6 is 0 Å². The van der Waals surface area contributed by atoms with Crippen molar-refractivity contribution < 1.29 is 23.4 Å². The van der Waals surface area contributed by atoms with Crippen molar-refractivity contribution in [3.05, 3.63) is 40.3 Å². The zero-order valence-electron chi connectivity index (χ0n) is 24.5. The van der Waals surface area contributed by atoms with Crippen LogP contribution in [-0.2, 0) is 23.0 Å². The Kier molecular flexibility index (Phi) is 10.2. The number of likely N-dealkylation sites (N-methyl/N-ethyl adjacent to an activating group) is 1. The number of hydrogen-bond acceptors (Lipinski definition) is 8. The second kappa shape index (κ2) is 13.5. The van der Waals surface area contributed by atoms with Crippen LogP contribution in [0.25, 0.3) is 22.4 Å². The lowest BCUT2D eigenvalue weighted by Gasteiger charge is -2.44. The van der Waals surface area contributed by atoms with Gasteiger partial charge in [-0.2, -0.15) is 4.31 Å². The van der Waals surface area contributed by atoms with Gasteiger partial charge < -0.3 is 24.5 Å². The molecule has 1 aliphatic rings. The van der Waals surface area contributed by atoms with Gasteiger partial charge in [0.1, 0.15) is 17.1 Å². The number of piperazine rings is 1. The smallest absolute Gasteiger partial charge is 0.275 e. The van der Waals surface area contributed by atoms with Crippen LogP contribution in [0.1, 0.15) is 52.0 Å². The van der Waals surface area contributed by atoms with Crippen molar-refractivity contribution in [3.8, 4) is 17.1 Å². The molecule has 0 aliphatic carbocycles. The Morgan fingerprint density at radius 3 is 2.34 bits per heavy atom. The first kappa shape index (κ1) is 31.2. The number of aromatic amines is 1. The van der Waals surface area contributed by atoms with E-state index in [-0.39, 0.29) is 54.7 Å². The van der Waals surface area contributed by atoms with Gasteiger partial charge in [0.25, 0.3) is 5.56 Å². The Labute approximate surface area is 241 Å². The summed E-state index contributed by atoms with van der Waals surface area (Å²) in [7, 11) is -2.06. The molecule has 1 unspecified atom stereocenters. The molecule has 2 aromatic heterocycles. The van der Waals surface area contributed by atoms with E-state index in [0.717, 1.165) is 24.8 Å². The molecule has 0 saturated carbocycles. The third-order valence-corrected chi connectivity index (χ3v) is 9.70. The maximum atomic E-state index is 14.0. The second-order valence-electron chi connectivity index (χ2n) is 10.6. The SMILES string of the molecule is CCCOc1ccc(S(=O)(=O)N2CC(CCO)N(C)[C@@H](CCO)C2)cc1-c1nc2c(CCC)cn(CC)c2c(=O)[nH]1. The van der Waals surface area contributed by atoms with Gasteiger partial charge in [-0.25, -0.2) is 13.4 Å². The summed E-state index contributed by atoms with van der Waals surface area (Å²) in [4.78, 5) is 23.2. The van der Waals surface area contributed by atoms with Gasteiger partial charge >= 0.3 is 0 Å². The number of benzene rings is 1. The molecule has 1 aromatic carbocycles. The molecule has 3 N–H and O–H groups in total. The molecular formula is C29H43N5O6S. The van der Waals surface area contributed by atoms with E-state index in [4.69, 9.17) is 9.72 Å². The number of hydrogen-bond donors (Lipinski definition) is 3. The molecule has 2 atom stereocenters. The van der Waals surface area contributed by atoms with Crippen molar-refractivity contribution in [1.29, 1.82) is 0 Å². The second-order valence-corrected chi connectivity index (χ2v) is 12.6. The van der Waals surface area contributed by atoms with Crippen molar-refractivity contribution in [3.63, 3.8) is 0 Å². The van der Waals surface area contributed by atoms with Crippen molar-refractivity contribution in [2.24, 2.45) is 0 Å². The van der Waals surface area contributed by atoms with Gasteiger partial charge in [-0.3, -0.25) is 9.69 Å². The number of aliphatic hydroxyl groups excluding tert-OH is 2. The van der Waals surface area contributed by atoms with Crippen LogP contribution in [0.5, 0.6) is 5.75 Å². The van der Waals surface area contributed by atoms with Crippen LogP contribution in [0.4, 0.5) is 0 Å². The predicted octanol–water partition coefficient (Wildman–Crippen LogP) is 2.59. The number of aryl methyl sites for hydroxylation is 2. The number of nitrogens with zero attached hydrogens (tertiary/aromatic N) is 4. The summed E-state index contributed by atoms with van der Waals surface area (Å²) in [6.45, 7) is 7.38. The van der Waals surface area contributed by atoms with Crippen LogP contribution in [0.2, 0.25) is 0 Å². The predicted molar refractivity (Wildman–Crippen MR) is 159 cm³/mol. The van der Waals surface area contributed by atoms with Gasteiger partial charge in [0.05, 0.1) is 22.6 Å². The lowest BCUT2D eigenvalue weighted by Crippen LogP contribution is -2.58. The van der Waals surface area contributed by atoms with E-state index in [2.05, 4.69) is 11.9 Å². The van der Waals surface area contributed by atoms with Gasteiger partial charge in [-0.05, 0) is 63.4 Å². The molecule has 11 nitrogen and oxygen atoms in total. The Bertz CT molecular complexity index is 1490. The zero-order valence-corrected chi connectivity index (χ0v) is 25.3. The molecule has 1 fully saturated rings. The molecule has 41 heavy (non-hydrogen) atoms. The molecular weight excluding hydrogens is 546 g/mol. The molecule has 0 radical (unpaired) electrons. The normalized spacial score (nSPS) is 18.8. The minimum Gasteiger partial charge on any atom is -0.493 e. The standard InChI is InChI=1S/C29H43N5O6S/c1-5-8-20-17-33(7-3)27-26(20)30-28(31-29(27)37)24-16-23(9-10-25(24)40-15-6-2)41(38,39)34-18-21(11-13-35)32(4)22(19-34)12-14-36/h9-10,16-17,21-22,35-36H,5-8,11-15,18-19H2,1-4H3,(H,30,31,37)/t21-,22?/m0/s1. The number of fused-ring (bicyclic) bond motifs is 1. The first-order valence-corrected chi connectivity index (χ1v) is 16.0. The van der Waals surface area contributed by atoms with E-state index in [1.165, 1.54) is 16.4 Å². The van der Waals surface area contributed by atoms with Crippen LogP contribution in [0.15, 0.2) is 34.1 Å². The van der Waals surface area contributed by atoms with E-state index >= 15 is 0 Å². The highest BCUT2D eigenvalue weighted by atomic mass is 32.2. The number of sulfonamides is 1. The largest absolute Gasteiger partial charge is 0.493 e. The van der Waals surface area contributed by atoms with E-state index in [0.29, 0.717) is 48.3 Å². The third kappa shape index (κ3) is 6.36. The minimum absolute atomic E-state index is 0.0639. The fourth-order valence-electron chi connectivity index (χ4n) is 5.63. The zero-order chi connectivity index (χ0) is 29.7. The number of aromatic nitrogens is 3. The highest BCUT2D eigenvalue weighted by Gasteiger charge is 2.38. The monoisotopic (exact) mass is 589 g/mol. The number of aliphatic hydroxyl groups is 2. The summed E-state index contributed by atoms with van der Waals surface area (Å²) in [6.07, 6.45) is 5.21. The molecule has 4 rings (SSSR count). The lowest BCUT2D eigenvalue weighted by atomic mass is 10.0. The molecule has 3 heterocycles. The molecule has 226 valence electrons. The van der Waals surface area contributed by atoms with E-state index in [1.54, 1.807) is 6.07 Å². The fraction of sp³-hybridized carbons (Fsp3) is 0.586. The van der Waals surface area contributed by atoms with Gasteiger partial charge in [-0.15, -0.1) is 0 Å². The number of nitrogens with one attached hydrogen (secondary N) is 1. The van der Waals surface area contributed by atoms with Crippen LogP contribution in [0.3, 0.4) is 0 Å². The Hall–Kier alpha value is -2.77. The highest BCUT2D eigenvalue weighted by Crippen LogP contribution is 2.34. The average Bonchev–Trinajstić information content (AvgIpc) is 3.32. The summed E-state index contributed by atoms with van der Waals surface area (Å²) in [6, 6.07) is 4.30. The van der Waals surface area contributed by atoms with Crippen LogP contribution in [-0.4, -0.2) is 94.4 Å². The van der Waals surface area contributed by atoms with E-state index in [1.807, 2.05) is 36.6 Å². The fourth-order valence-corrected chi connectivity index (χ4v) is 7.17. The molecule has 12 heteroatoms. The van der Waals surface area contributed by atoms with E-state index in [9.17, 15) is 23.4 Å². The van der Waals surface area contributed by atoms with Crippen molar-refractivity contribution >= 4 is 21.1 Å². The van der Waals surface area contributed by atoms with Crippen LogP contribution < -0.4 is 10.3 Å². The first-order valence-electron chi connectivity index (χ1n) is 14.5. The molecule has 1 aliphatic heterocycles. The summed E-state index contributed by atoms with van der Waals surface area (Å²) in [5.41, 5.74) is 2.19. The Morgan fingerprint density at radius 2 is 1.76 bits per heavy atom. The summed E-state index contributed by atoms with van der Waals surface area (Å²) >= 11 is 0. The highest BCUT2D eigenvalue weighted by molar-refractivity contribution is 7.89. The topological polar surface area (TPSA) is 141 Å². The molecule has 3 aromatic rings. The van der Waals surface area contributed by atoms with Gasteiger partial charge in [0.15, 0.2) is 0 Å². The lowest BCUT2D eigenvalue weighted by molar-refractivity contribution is 0.0545. The maximum absolute atomic E-state index is 14.0. The van der Waals surface area contributed by atoms with Crippen molar-refractivity contribution in [2.45, 2.75) is 76.4 Å². The quantitative estimate of drug-likeness (QED) is 0.276. The van der Waals surface area contributed by atoms with Crippen LogP contribution in [0, 0.1) is 0 Å². The maximum Gasteiger partial charge on any atom is 0.275 e. The molecule has 0 bridgehead atoms. The van der Waals surface area contributed by atoms with E-state index < -0.39 is 10.0 Å². The average molecular weight is 590 g/mol. The van der Waals surface area contributed by atoms with Crippen molar-refractivity contribution in [2.75, 3.05) is 40.0 Å². The Morgan fingerprint density at radius 1 is 1.07 bits per heavy atom. The number of H-pyrrole nitrogens is 1. The van der Waals surface area contributed by atoms with Gasteiger partial charge in [-0.1, -0.05) is 20.3 Å². The summed E-state index contributed by atoms with van der Waals surface area (Å²) < 4.78 is 37.3. The number of rotatable bonds is 13. The first-order chi connectivity index (χ1) is 19.7. The summed E-state index contributed by atoms with van der Waals surface area (Å²) in [5, 5.41) is 19.2. The number of ether oxygens (including phenoxy) is 1.